The number of methoxy groups -OCH3 is 1. The van der Waals surface area contributed by atoms with Crippen molar-refractivity contribution < 1.29 is 14.6 Å². The molecule has 78 valence electrons. The molecule has 0 saturated heterocycles. The van der Waals surface area contributed by atoms with Crippen LogP contribution in [0.4, 0.5) is 0 Å². The van der Waals surface area contributed by atoms with Gasteiger partial charge in [0, 0.05) is 20.3 Å². The molecule has 1 fully saturated rings. The Morgan fingerprint density at radius 1 is 1.23 bits per heavy atom. The minimum atomic E-state index is -0.240. The van der Waals surface area contributed by atoms with E-state index in [4.69, 9.17) is 9.47 Å². The molecule has 0 radical (unpaired) electrons. The van der Waals surface area contributed by atoms with Crippen molar-refractivity contribution in [1.29, 1.82) is 0 Å². The predicted molar refractivity (Wildman–Crippen MR) is 50.7 cm³/mol. The summed E-state index contributed by atoms with van der Waals surface area (Å²) in [5.41, 5.74) is 0. The number of aliphatic hydroxyl groups is 1. The maximum Gasteiger partial charge on any atom is 0.0833 e. The van der Waals surface area contributed by atoms with Gasteiger partial charge in [0.1, 0.15) is 0 Å². The Balaban J connectivity index is 2.05. The van der Waals surface area contributed by atoms with E-state index >= 15 is 0 Å². The average molecular weight is 188 g/mol. The molecule has 1 aliphatic carbocycles. The Hall–Kier alpha value is -0.120. The first-order valence-electron chi connectivity index (χ1n) is 5.13. The third-order valence-electron chi connectivity index (χ3n) is 2.49. The van der Waals surface area contributed by atoms with Crippen molar-refractivity contribution in [3.63, 3.8) is 0 Å². The van der Waals surface area contributed by atoms with E-state index in [-0.39, 0.29) is 12.2 Å². The van der Waals surface area contributed by atoms with Crippen molar-refractivity contribution in [2.75, 3.05) is 20.3 Å². The van der Waals surface area contributed by atoms with Crippen molar-refractivity contribution in [2.24, 2.45) is 0 Å². The molecule has 3 heteroatoms. The fourth-order valence-corrected chi connectivity index (χ4v) is 1.71. The average Bonchev–Trinajstić information content (AvgIpc) is 2.15. The lowest BCUT2D eigenvalue weighted by atomic mass is 9.95. The number of ether oxygens (including phenoxy) is 2. The molecule has 0 bridgehead atoms. The minimum Gasteiger partial charge on any atom is -0.390 e. The molecule has 0 aliphatic heterocycles. The van der Waals surface area contributed by atoms with Crippen molar-refractivity contribution in [3.8, 4) is 0 Å². The van der Waals surface area contributed by atoms with E-state index in [1.165, 1.54) is 6.42 Å². The molecule has 2 unspecified atom stereocenters. The minimum absolute atomic E-state index is 0.0746. The first-order valence-corrected chi connectivity index (χ1v) is 5.13. The van der Waals surface area contributed by atoms with E-state index in [2.05, 4.69) is 0 Å². The number of aliphatic hydroxyl groups excluding tert-OH is 1. The first kappa shape index (κ1) is 11.0. The first-order chi connectivity index (χ1) is 6.34. The lowest BCUT2D eigenvalue weighted by molar-refractivity contribution is -0.0620. The van der Waals surface area contributed by atoms with Crippen LogP contribution in [0.2, 0.25) is 0 Å². The Morgan fingerprint density at radius 2 is 2.00 bits per heavy atom. The zero-order valence-electron chi connectivity index (χ0n) is 8.37. The molecule has 0 aromatic rings. The van der Waals surface area contributed by atoms with Crippen molar-refractivity contribution in [1.82, 2.24) is 0 Å². The topological polar surface area (TPSA) is 38.7 Å². The van der Waals surface area contributed by atoms with Gasteiger partial charge in [-0.05, 0) is 19.3 Å². The van der Waals surface area contributed by atoms with Gasteiger partial charge in [-0.15, -0.1) is 0 Å². The summed E-state index contributed by atoms with van der Waals surface area (Å²) in [5, 5.41) is 9.57. The molecule has 0 aromatic heterocycles. The van der Waals surface area contributed by atoms with Crippen LogP contribution in [0.1, 0.15) is 32.1 Å². The maximum absolute atomic E-state index is 9.57. The van der Waals surface area contributed by atoms with Crippen LogP contribution >= 0.6 is 0 Å². The quantitative estimate of drug-likeness (QED) is 0.662. The zero-order chi connectivity index (χ0) is 9.52. The molecule has 0 aromatic carbocycles. The van der Waals surface area contributed by atoms with Crippen LogP contribution in [-0.4, -0.2) is 37.6 Å². The van der Waals surface area contributed by atoms with Crippen LogP contribution in [0.3, 0.4) is 0 Å². The summed E-state index contributed by atoms with van der Waals surface area (Å²) in [6.07, 6.45) is 4.98. The molecule has 3 nitrogen and oxygen atoms in total. The largest absolute Gasteiger partial charge is 0.390 e. The highest BCUT2D eigenvalue weighted by Crippen LogP contribution is 2.20. The summed E-state index contributed by atoms with van der Waals surface area (Å²) < 4.78 is 10.5. The van der Waals surface area contributed by atoms with Gasteiger partial charge in [-0.25, -0.2) is 0 Å². The Kier molecular flexibility index (Phi) is 5.35. The van der Waals surface area contributed by atoms with Crippen molar-refractivity contribution >= 4 is 0 Å². The van der Waals surface area contributed by atoms with Gasteiger partial charge >= 0.3 is 0 Å². The van der Waals surface area contributed by atoms with Gasteiger partial charge in [0.15, 0.2) is 0 Å². The molecule has 1 rings (SSSR count). The molecule has 0 heterocycles. The molecule has 0 amide bonds. The summed E-state index contributed by atoms with van der Waals surface area (Å²) in [7, 11) is 1.69. The van der Waals surface area contributed by atoms with Crippen LogP contribution in [0.5, 0.6) is 0 Å². The normalized spacial score (nSPS) is 29.1. The van der Waals surface area contributed by atoms with E-state index in [1.54, 1.807) is 7.11 Å². The van der Waals surface area contributed by atoms with Gasteiger partial charge < -0.3 is 14.6 Å². The van der Waals surface area contributed by atoms with Crippen molar-refractivity contribution in [3.05, 3.63) is 0 Å². The van der Waals surface area contributed by atoms with Gasteiger partial charge in [0.2, 0.25) is 0 Å². The summed E-state index contributed by atoms with van der Waals surface area (Å²) in [4.78, 5) is 0. The number of hydrogen-bond donors (Lipinski definition) is 1. The molecule has 2 atom stereocenters. The second-order valence-corrected chi connectivity index (χ2v) is 3.61. The molecule has 13 heavy (non-hydrogen) atoms. The fourth-order valence-electron chi connectivity index (χ4n) is 1.71. The third kappa shape index (κ3) is 4.07. The molecule has 1 N–H and O–H groups in total. The molecular weight excluding hydrogens is 168 g/mol. The highest BCUT2D eigenvalue weighted by molar-refractivity contribution is 4.74. The maximum atomic E-state index is 9.57. The van der Waals surface area contributed by atoms with Crippen LogP contribution < -0.4 is 0 Å². The summed E-state index contributed by atoms with van der Waals surface area (Å²) in [5.74, 6) is 0. The van der Waals surface area contributed by atoms with Gasteiger partial charge in [-0.3, -0.25) is 0 Å². The van der Waals surface area contributed by atoms with E-state index in [0.29, 0.717) is 6.61 Å². The highest BCUT2D eigenvalue weighted by Gasteiger charge is 2.22. The third-order valence-corrected chi connectivity index (χ3v) is 2.49. The van der Waals surface area contributed by atoms with Gasteiger partial charge in [-0.1, -0.05) is 12.8 Å². The zero-order valence-corrected chi connectivity index (χ0v) is 8.37. The van der Waals surface area contributed by atoms with Crippen LogP contribution in [-0.2, 0) is 9.47 Å². The van der Waals surface area contributed by atoms with Crippen molar-refractivity contribution in [2.45, 2.75) is 44.3 Å². The second kappa shape index (κ2) is 6.35. The van der Waals surface area contributed by atoms with Crippen LogP contribution in [0.15, 0.2) is 0 Å². The van der Waals surface area contributed by atoms with Gasteiger partial charge in [0.05, 0.1) is 12.2 Å². The Bertz CT molecular complexity index is 127. The highest BCUT2D eigenvalue weighted by atomic mass is 16.5. The monoisotopic (exact) mass is 188 g/mol. The molecule has 0 spiro atoms. The molecule has 1 aliphatic rings. The van der Waals surface area contributed by atoms with E-state index < -0.39 is 0 Å². The summed E-state index contributed by atoms with van der Waals surface area (Å²) in [6.45, 7) is 1.44. The lowest BCUT2D eigenvalue weighted by Crippen LogP contribution is -2.32. The standard InChI is InChI=1S/C10H20O3/c1-12-7-4-8-13-10-6-3-2-5-9(10)11/h9-11H,2-8H2,1H3. The summed E-state index contributed by atoms with van der Waals surface area (Å²) >= 11 is 0. The second-order valence-electron chi connectivity index (χ2n) is 3.61. The predicted octanol–water partition coefficient (Wildman–Crippen LogP) is 1.34. The van der Waals surface area contributed by atoms with Gasteiger partial charge in [0.25, 0.3) is 0 Å². The van der Waals surface area contributed by atoms with E-state index in [9.17, 15) is 5.11 Å². The Morgan fingerprint density at radius 3 is 2.69 bits per heavy atom. The van der Waals surface area contributed by atoms with Gasteiger partial charge in [-0.2, -0.15) is 0 Å². The molecular formula is C10H20O3. The number of rotatable bonds is 5. The Labute approximate surface area is 80.0 Å². The lowest BCUT2D eigenvalue weighted by Gasteiger charge is -2.27. The fraction of sp³-hybridized carbons (Fsp3) is 1.00. The summed E-state index contributed by atoms with van der Waals surface area (Å²) in [6, 6.07) is 0. The van der Waals surface area contributed by atoms with E-state index in [0.717, 1.165) is 32.3 Å². The SMILES string of the molecule is COCCCOC1CCCCC1O. The smallest absolute Gasteiger partial charge is 0.0833 e. The number of hydrogen-bond acceptors (Lipinski definition) is 3. The van der Waals surface area contributed by atoms with Crippen LogP contribution in [0, 0.1) is 0 Å². The van der Waals surface area contributed by atoms with Crippen LogP contribution in [0.25, 0.3) is 0 Å². The van der Waals surface area contributed by atoms with E-state index in [1.807, 2.05) is 0 Å². The molecule has 1 saturated carbocycles.